The summed E-state index contributed by atoms with van der Waals surface area (Å²) in [6, 6.07) is 7.90. The van der Waals surface area contributed by atoms with Crippen LogP contribution in [0.4, 0.5) is 0 Å². The van der Waals surface area contributed by atoms with E-state index in [0.717, 1.165) is 11.5 Å². The zero-order valence-corrected chi connectivity index (χ0v) is 7.34. The van der Waals surface area contributed by atoms with Gasteiger partial charge in [0.1, 0.15) is 5.75 Å². The molecule has 1 radical (unpaired) electrons. The first-order valence-corrected chi connectivity index (χ1v) is 4.08. The van der Waals surface area contributed by atoms with Gasteiger partial charge in [0.25, 0.3) is 0 Å². The second-order valence-electron chi connectivity index (χ2n) is 2.16. The molecule has 0 spiro atoms. The molecule has 1 nitrogen and oxygen atoms in total. The lowest BCUT2D eigenvalue weighted by atomic mass is 10.2. The summed E-state index contributed by atoms with van der Waals surface area (Å²) >= 11 is 4.09. The molecule has 59 valence electrons. The molecule has 0 heterocycles. The molecule has 0 fully saturated rings. The number of rotatable bonds is 3. The van der Waals surface area contributed by atoms with Crippen molar-refractivity contribution in [3.63, 3.8) is 0 Å². The molecule has 0 saturated heterocycles. The van der Waals surface area contributed by atoms with Crippen molar-refractivity contribution in [1.82, 2.24) is 0 Å². The van der Waals surface area contributed by atoms with E-state index >= 15 is 0 Å². The van der Waals surface area contributed by atoms with Gasteiger partial charge in [-0.3, -0.25) is 0 Å². The Morgan fingerprint density at radius 2 is 2.00 bits per heavy atom. The van der Waals surface area contributed by atoms with Gasteiger partial charge in [-0.2, -0.15) is 12.6 Å². The van der Waals surface area contributed by atoms with Crippen molar-refractivity contribution in [2.24, 2.45) is 0 Å². The molecule has 0 aliphatic rings. The van der Waals surface area contributed by atoms with Gasteiger partial charge in [-0.05, 0) is 23.4 Å². The molecule has 0 aromatic heterocycles. The SMILES string of the molecule is COc1ccc([CH]CS)cc1. The Hall–Kier alpha value is -0.630. The molecule has 11 heavy (non-hydrogen) atoms. The Morgan fingerprint density at radius 1 is 1.36 bits per heavy atom. The molecule has 1 aromatic rings. The Kier molecular flexibility index (Phi) is 3.30. The number of hydrogen-bond donors (Lipinski definition) is 1. The van der Waals surface area contributed by atoms with Gasteiger partial charge >= 0.3 is 0 Å². The lowest BCUT2D eigenvalue weighted by Gasteiger charge is -2.00. The average molecular weight is 167 g/mol. The standard InChI is InChI=1S/C9H11OS/c1-10-9-4-2-8(3-5-9)6-7-11/h2-6,11H,7H2,1H3. The van der Waals surface area contributed by atoms with Crippen molar-refractivity contribution in [1.29, 1.82) is 0 Å². The summed E-state index contributed by atoms with van der Waals surface area (Å²) in [6.45, 7) is 0. The summed E-state index contributed by atoms with van der Waals surface area (Å²) in [5.41, 5.74) is 1.18. The molecule has 0 bridgehead atoms. The smallest absolute Gasteiger partial charge is 0.118 e. The number of methoxy groups -OCH3 is 1. The zero-order chi connectivity index (χ0) is 8.10. The van der Waals surface area contributed by atoms with Gasteiger partial charge in [-0.1, -0.05) is 12.1 Å². The maximum absolute atomic E-state index is 5.01. The average Bonchev–Trinajstić information content (AvgIpc) is 2.07. The quantitative estimate of drug-likeness (QED) is 0.679. The van der Waals surface area contributed by atoms with E-state index in [1.54, 1.807) is 7.11 Å². The summed E-state index contributed by atoms with van der Waals surface area (Å²) in [5.74, 6) is 1.66. The maximum atomic E-state index is 5.01. The molecule has 1 rings (SSSR count). The van der Waals surface area contributed by atoms with E-state index in [0.29, 0.717) is 0 Å². The lowest BCUT2D eigenvalue weighted by molar-refractivity contribution is 0.414. The van der Waals surface area contributed by atoms with Gasteiger partial charge in [0.15, 0.2) is 0 Å². The number of hydrogen-bond acceptors (Lipinski definition) is 2. The molecular weight excluding hydrogens is 156 g/mol. The molecule has 2 heteroatoms. The fourth-order valence-electron chi connectivity index (χ4n) is 0.845. The largest absolute Gasteiger partial charge is 0.497 e. The minimum absolute atomic E-state index is 0.770. The summed E-state index contributed by atoms with van der Waals surface area (Å²) in [6.07, 6.45) is 2.04. The van der Waals surface area contributed by atoms with E-state index in [9.17, 15) is 0 Å². The first kappa shape index (κ1) is 8.47. The van der Waals surface area contributed by atoms with Gasteiger partial charge in [-0.25, -0.2) is 0 Å². The van der Waals surface area contributed by atoms with E-state index in [1.807, 2.05) is 30.7 Å². The minimum atomic E-state index is 0.770. The van der Waals surface area contributed by atoms with E-state index in [2.05, 4.69) is 12.6 Å². The van der Waals surface area contributed by atoms with Crippen LogP contribution in [0.5, 0.6) is 5.75 Å². The Labute approximate surface area is 72.8 Å². The van der Waals surface area contributed by atoms with E-state index in [1.165, 1.54) is 5.56 Å². The first-order chi connectivity index (χ1) is 5.36. The molecule has 0 atom stereocenters. The van der Waals surface area contributed by atoms with Crippen LogP contribution in [-0.2, 0) is 0 Å². The highest BCUT2D eigenvalue weighted by Gasteiger charge is 1.91. The fraction of sp³-hybridized carbons (Fsp3) is 0.222. The van der Waals surface area contributed by atoms with Gasteiger partial charge in [0.05, 0.1) is 7.11 Å². The van der Waals surface area contributed by atoms with Crippen LogP contribution in [-0.4, -0.2) is 12.9 Å². The third-order valence-electron chi connectivity index (χ3n) is 1.44. The van der Waals surface area contributed by atoms with Gasteiger partial charge < -0.3 is 4.74 Å². The van der Waals surface area contributed by atoms with Gasteiger partial charge in [0.2, 0.25) is 0 Å². The number of thiol groups is 1. The molecule has 0 saturated carbocycles. The monoisotopic (exact) mass is 167 g/mol. The van der Waals surface area contributed by atoms with Crippen molar-refractivity contribution in [3.05, 3.63) is 36.2 Å². The Balaban J connectivity index is 2.66. The summed E-state index contributed by atoms with van der Waals surface area (Å²) in [7, 11) is 1.66. The highest BCUT2D eigenvalue weighted by molar-refractivity contribution is 7.80. The lowest BCUT2D eigenvalue weighted by Crippen LogP contribution is -1.84. The highest BCUT2D eigenvalue weighted by Crippen LogP contribution is 2.12. The Morgan fingerprint density at radius 3 is 2.45 bits per heavy atom. The highest BCUT2D eigenvalue weighted by atomic mass is 32.1. The maximum Gasteiger partial charge on any atom is 0.118 e. The second kappa shape index (κ2) is 4.29. The van der Waals surface area contributed by atoms with Crippen molar-refractivity contribution in [3.8, 4) is 5.75 Å². The summed E-state index contributed by atoms with van der Waals surface area (Å²) < 4.78 is 5.01. The normalized spacial score (nSPS) is 9.64. The predicted octanol–water partition coefficient (Wildman–Crippen LogP) is 2.18. The molecule has 1 aromatic carbocycles. The van der Waals surface area contributed by atoms with Crippen LogP contribution in [0.1, 0.15) is 5.56 Å². The van der Waals surface area contributed by atoms with Crippen LogP contribution in [0.25, 0.3) is 0 Å². The third-order valence-corrected chi connectivity index (χ3v) is 1.63. The summed E-state index contributed by atoms with van der Waals surface area (Å²) in [5, 5.41) is 0. The van der Waals surface area contributed by atoms with Crippen molar-refractivity contribution in [2.45, 2.75) is 0 Å². The second-order valence-corrected chi connectivity index (χ2v) is 2.53. The number of benzene rings is 1. The van der Waals surface area contributed by atoms with Crippen molar-refractivity contribution in [2.75, 3.05) is 12.9 Å². The zero-order valence-electron chi connectivity index (χ0n) is 6.45. The van der Waals surface area contributed by atoms with Crippen LogP contribution in [0.3, 0.4) is 0 Å². The van der Waals surface area contributed by atoms with Crippen LogP contribution in [0, 0.1) is 6.42 Å². The molecule has 0 aliphatic carbocycles. The van der Waals surface area contributed by atoms with Gasteiger partial charge in [0, 0.05) is 6.42 Å². The first-order valence-electron chi connectivity index (χ1n) is 3.45. The molecule has 0 aliphatic heterocycles. The third kappa shape index (κ3) is 2.46. The van der Waals surface area contributed by atoms with Gasteiger partial charge in [-0.15, -0.1) is 0 Å². The van der Waals surface area contributed by atoms with Crippen molar-refractivity contribution < 1.29 is 4.74 Å². The van der Waals surface area contributed by atoms with Crippen LogP contribution >= 0.6 is 12.6 Å². The predicted molar refractivity (Wildman–Crippen MR) is 50.2 cm³/mol. The van der Waals surface area contributed by atoms with Crippen LogP contribution in [0.2, 0.25) is 0 Å². The summed E-state index contributed by atoms with van der Waals surface area (Å²) in [4.78, 5) is 0. The van der Waals surface area contributed by atoms with E-state index in [4.69, 9.17) is 4.74 Å². The van der Waals surface area contributed by atoms with E-state index < -0.39 is 0 Å². The molecule has 0 N–H and O–H groups in total. The van der Waals surface area contributed by atoms with Crippen LogP contribution < -0.4 is 4.74 Å². The molecular formula is C9H11OS. The molecule has 0 amide bonds. The fourth-order valence-corrected chi connectivity index (χ4v) is 1.06. The number of ether oxygens (including phenoxy) is 1. The molecule has 0 unspecified atom stereocenters. The van der Waals surface area contributed by atoms with E-state index in [-0.39, 0.29) is 0 Å². The topological polar surface area (TPSA) is 9.23 Å². The van der Waals surface area contributed by atoms with Crippen molar-refractivity contribution >= 4 is 12.6 Å². The Bertz CT molecular complexity index is 205. The van der Waals surface area contributed by atoms with Crippen LogP contribution in [0.15, 0.2) is 24.3 Å². The minimum Gasteiger partial charge on any atom is -0.497 e.